The molecule has 1 unspecified atom stereocenters. The van der Waals surface area contributed by atoms with Crippen LogP contribution in [-0.2, 0) is 6.42 Å². The average molecular weight is 268 g/mol. The van der Waals surface area contributed by atoms with Crippen molar-refractivity contribution in [3.8, 4) is 0 Å². The van der Waals surface area contributed by atoms with Crippen LogP contribution < -0.4 is 5.32 Å². The summed E-state index contributed by atoms with van der Waals surface area (Å²) in [6, 6.07) is 10.9. The largest absolute Gasteiger partial charge is 0.378 e. The lowest BCUT2D eigenvalue weighted by molar-refractivity contribution is 0.839. The smallest absolute Gasteiger partial charge is 0.0506 e. The summed E-state index contributed by atoms with van der Waals surface area (Å²) in [5.74, 6) is 0. The molecule has 2 heteroatoms. The number of aromatic nitrogens is 1. The van der Waals surface area contributed by atoms with E-state index in [1.54, 1.807) is 0 Å². The molecule has 2 nitrogen and oxygen atoms in total. The highest BCUT2D eigenvalue weighted by Gasteiger charge is 2.14. The Balaban J connectivity index is 2.31. The first-order valence-corrected chi connectivity index (χ1v) is 7.32. The van der Waals surface area contributed by atoms with Crippen molar-refractivity contribution < 1.29 is 0 Å². The number of hydrogen-bond donors (Lipinski definition) is 1. The minimum atomic E-state index is 0.260. The highest BCUT2D eigenvalue weighted by Crippen LogP contribution is 2.26. The maximum Gasteiger partial charge on any atom is 0.0506 e. The number of para-hydroxylation sites is 1. The number of rotatable bonds is 4. The van der Waals surface area contributed by atoms with Crippen LogP contribution in [0, 0.1) is 20.8 Å². The lowest BCUT2D eigenvalue weighted by Gasteiger charge is -2.21. The van der Waals surface area contributed by atoms with Crippen molar-refractivity contribution in [2.45, 2.75) is 47.1 Å². The van der Waals surface area contributed by atoms with Crippen LogP contribution in [0.25, 0.3) is 0 Å². The van der Waals surface area contributed by atoms with Gasteiger partial charge in [-0.2, -0.15) is 0 Å². The van der Waals surface area contributed by atoms with Gasteiger partial charge in [0.1, 0.15) is 0 Å². The molecule has 0 fully saturated rings. The molecule has 0 aliphatic heterocycles. The molecule has 1 heterocycles. The Morgan fingerprint density at radius 1 is 1.15 bits per heavy atom. The molecule has 0 saturated heterocycles. The number of pyridine rings is 1. The molecule has 0 saturated carbocycles. The van der Waals surface area contributed by atoms with E-state index >= 15 is 0 Å². The Morgan fingerprint density at radius 3 is 2.50 bits per heavy atom. The number of nitrogens with one attached hydrogen (secondary N) is 1. The van der Waals surface area contributed by atoms with Crippen molar-refractivity contribution in [3.05, 3.63) is 58.4 Å². The van der Waals surface area contributed by atoms with Crippen LogP contribution in [0.15, 0.2) is 30.3 Å². The number of hydrogen-bond acceptors (Lipinski definition) is 2. The van der Waals surface area contributed by atoms with Crippen LogP contribution in [0.5, 0.6) is 0 Å². The summed E-state index contributed by atoms with van der Waals surface area (Å²) in [5.41, 5.74) is 7.41. The molecular weight excluding hydrogens is 244 g/mol. The van der Waals surface area contributed by atoms with Gasteiger partial charge >= 0.3 is 0 Å². The van der Waals surface area contributed by atoms with Crippen LogP contribution in [-0.4, -0.2) is 4.98 Å². The van der Waals surface area contributed by atoms with Crippen molar-refractivity contribution in [1.82, 2.24) is 4.98 Å². The maximum atomic E-state index is 4.60. The predicted octanol–water partition coefficient (Wildman–Crippen LogP) is 4.74. The van der Waals surface area contributed by atoms with Gasteiger partial charge in [0.2, 0.25) is 0 Å². The summed E-state index contributed by atoms with van der Waals surface area (Å²) in [6.07, 6.45) is 1.04. The average Bonchev–Trinajstić information content (AvgIpc) is 2.38. The molecule has 0 aliphatic rings. The zero-order valence-corrected chi connectivity index (χ0v) is 13.1. The van der Waals surface area contributed by atoms with Crippen molar-refractivity contribution in [2.24, 2.45) is 0 Å². The van der Waals surface area contributed by atoms with Crippen LogP contribution >= 0.6 is 0 Å². The molecule has 1 N–H and O–H groups in total. The Hall–Kier alpha value is -1.83. The van der Waals surface area contributed by atoms with E-state index < -0.39 is 0 Å². The van der Waals surface area contributed by atoms with Crippen molar-refractivity contribution >= 4 is 5.69 Å². The molecule has 1 atom stereocenters. The van der Waals surface area contributed by atoms with Gasteiger partial charge < -0.3 is 5.32 Å². The van der Waals surface area contributed by atoms with Crippen LogP contribution in [0.3, 0.4) is 0 Å². The lowest BCUT2D eigenvalue weighted by atomic mass is 9.99. The fourth-order valence-electron chi connectivity index (χ4n) is 2.96. The fourth-order valence-corrected chi connectivity index (χ4v) is 2.96. The van der Waals surface area contributed by atoms with Gasteiger partial charge in [0.25, 0.3) is 0 Å². The molecule has 0 spiro atoms. The molecule has 2 rings (SSSR count). The Kier molecular flexibility index (Phi) is 4.43. The molecule has 1 aromatic heterocycles. The third kappa shape index (κ3) is 3.01. The summed E-state index contributed by atoms with van der Waals surface area (Å²) >= 11 is 0. The molecule has 0 amide bonds. The summed E-state index contributed by atoms with van der Waals surface area (Å²) < 4.78 is 0. The molecule has 106 valence electrons. The van der Waals surface area contributed by atoms with E-state index in [1.807, 2.05) is 6.92 Å². The van der Waals surface area contributed by atoms with Gasteiger partial charge in [-0.25, -0.2) is 0 Å². The first-order chi connectivity index (χ1) is 9.52. The summed E-state index contributed by atoms with van der Waals surface area (Å²) in [5, 5.41) is 3.64. The number of nitrogens with zero attached hydrogens (tertiary/aromatic N) is 1. The van der Waals surface area contributed by atoms with Crippen molar-refractivity contribution in [2.75, 3.05) is 5.32 Å². The van der Waals surface area contributed by atoms with Gasteiger partial charge in [-0.15, -0.1) is 0 Å². The monoisotopic (exact) mass is 268 g/mol. The van der Waals surface area contributed by atoms with Crippen LogP contribution in [0.2, 0.25) is 0 Å². The third-order valence-corrected chi connectivity index (χ3v) is 3.79. The highest BCUT2D eigenvalue weighted by molar-refractivity contribution is 5.53. The Bertz CT molecular complexity index is 579. The van der Waals surface area contributed by atoms with Crippen LogP contribution in [0.1, 0.15) is 48.0 Å². The first-order valence-electron chi connectivity index (χ1n) is 7.32. The molecule has 20 heavy (non-hydrogen) atoms. The van der Waals surface area contributed by atoms with Crippen molar-refractivity contribution in [3.63, 3.8) is 0 Å². The zero-order valence-electron chi connectivity index (χ0n) is 13.1. The van der Waals surface area contributed by atoms with Gasteiger partial charge in [-0.05, 0) is 62.9 Å². The third-order valence-electron chi connectivity index (χ3n) is 3.79. The molecule has 1 aromatic carbocycles. The topological polar surface area (TPSA) is 24.9 Å². The molecule has 0 radical (unpaired) electrons. The SMILES string of the molecule is CCc1ccccc1NC(C)c1c(C)cc(C)nc1C. The van der Waals surface area contributed by atoms with E-state index in [2.05, 4.69) is 68.3 Å². The van der Waals surface area contributed by atoms with Gasteiger partial charge in [-0.3, -0.25) is 4.98 Å². The zero-order chi connectivity index (χ0) is 14.7. The fraction of sp³-hybridized carbons (Fsp3) is 0.389. The summed E-state index contributed by atoms with van der Waals surface area (Å²) in [7, 11) is 0. The first kappa shape index (κ1) is 14.6. The van der Waals surface area contributed by atoms with E-state index in [1.165, 1.54) is 22.4 Å². The van der Waals surface area contributed by atoms with E-state index in [4.69, 9.17) is 0 Å². The standard InChI is InChI=1S/C18H24N2/c1-6-16-9-7-8-10-17(16)20-15(5)18-12(2)11-13(3)19-14(18)4/h7-11,15,20H,6H2,1-5H3. The Labute approximate surface area is 122 Å². The maximum absolute atomic E-state index is 4.60. The predicted molar refractivity (Wildman–Crippen MR) is 86.3 cm³/mol. The molecule has 0 aliphatic carbocycles. The second-order valence-corrected chi connectivity index (χ2v) is 5.46. The quantitative estimate of drug-likeness (QED) is 0.866. The summed E-state index contributed by atoms with van der Waals surface area (Å²) in [4.78, 5) is 4.60. The molecule has 0 bridgehead atoms. The van der Waals surface area contributed by atoms with Crippen molar-refractivity contribution in [1.29, 1.82) is 0 Å². The molecular formula is C18H24N2. The van der Waals surface area contributed by atoms with E-state index in [0.717, 1.165) is 17.8 Å². The second-order valence-electron chi connectivity index (χ2n) is 5.46. The van der Waals surface area contributed by atoms with Crippen LogP contribution in [0.4, 0.5) is 5.69 Å². The minimum Gasteiger partial charge on any atom is -0.378 e. The van der Waals surface area contributed by atoms with E-state index in [-0.39, 0.29) is 6.04 Å². The minimum absolute atomic E-state index is 0.260. The Morgan fingerprint density at radius 2 is 1.85 bits per heavy atom. The number of benzene rings is 1. The number of anilines is 1. The second kappa shape index (κ2) is 6.08. The van der Waals surface area contributed by atoms with Gasteiger partial charge in [-0.1, -0.05) is 25.1 Å². The van der Waals surface area contributed by atoms with Gasteiger partial charge in [0.15, 0.2) is 0 Å². The van der Waals surface area contributed by atoms with Gasteiger partial charge in [0.05, 0.1) is 6.04 Å². The van der Waals surface area contributed by atoms with Gasteiger partial charge in [0, 0.05) is 17.1 Å². The highest BCUT2D eigenvalue weighted by atomic mass is 14.9. The summed E-state index contributed by atoms with van der Waals surface area (Å²) in [6.45, 7) is 10.7. The normalized spacial score (nSPS) is 12.2. The molecule has 2 aromatic rings. The van der Waals surface area contributed by atoms with E-state index in [9.17, 15) is 0 Å². The van der Waals surface area contributed by atoms with E-state index in [0.29, 0.717) is 0 Å². The lowest BCUT2D eigenvalue weighted by Crippen LogP contribution is -2.12. The number of aryl methyl sites for hydroxylation is 4.